The van der Waals surface area contributed by atoms with Crippen molar-refractivity contribution in [2.24, 2.45) is 0 Å². The summed E-state index contributed by atoms with van der Waals surface area (Å²) in [6.45, 7) is 5.70. The van der Waals surface area contributed by atoms with E-state index in [4.69, 9.17) is 9.26 Å². The number of aromatic nitrogens is 4. The van der Waals surface area contributed by atoms with E-state index >= 15 is 0 Å². The van der Waals surface area contributed by atoms with Crippen molar-refractivity contribution in [1.82, 2.24) is 24.7 Å². The first-order valence-corrected chi connectivity index (χ1v) is 10.0. The van der Waals surface area contributed by atoms with Gasteiger partial charge in [-0.05, 0) is 24.9 Å². The number of hydrogen-bond acceptors (Lipinski definition) is 6. The van der Waals surface area contributed by atoms with Crippen LogP contribution >= 0.6 is 0 Å². The number of H-pyrrole nitrogens is 1. The number of rotatable bonds is 7. The van der Waals surface area contributed by atoms with E-state index in [1.54, 1.807) is 12.1 Å². The summed E-state index contributed by atoms with van der Waals surface area (Å²) in [6, 6.07) is 5.20. The number of carbonyl (C=O) groups excluding carboxylic acids is 1. The first kappa shape index (κ1) is 19.2. The monoisotopic (exact) mass is 399 g/mol. The molecule has 4 rings (SSSR count). The Bertz CT molecular complexity index is 1070. The van der Waals surface area contributed by atoms with Gasteiger partial charge >= 0.3 is 0 Å². The molecule has 0 aromatic carbocycles. The topological polar surface area (TPSA) is 106 Å². The summed E-state index contributed by atoms with van der Waals surface area (Å²) in [5, 5.41) is 6.97. The highest BCUT2D eigenvalue weighted by Crippen LogP contribution is 2.27. The molecule has 0 aliphatic carbocycles. The lowest BCUT2D eigenvalue weighted by Gasteiger charge is -2.15. The third-order valence-corrected chi connectivity index (χ3v) is 5.28. The molecular formula is C20H25N5O4. The van der Waals surface area contributed by atoms with Gasteiger partial charge in [0.15, 0.2) is 5.65 Å². The Morgan fingerprint density at radius 1 is 1.34 bits per heavy atom. The fourth-order valence-corrected chi connectivity index (χ4v) is 3.71. The Hall–Kier alpha value is -3.10. The van der Waals surface area contributed by atoms with Gasteiger partial charge in [0.1, 0.15) is 5.76 Å². The largest absolute Gasteiger partial charge is 0.476 e. The number of aromatic amines is 1. The number of carbonyl (C=O) groups is 1. The average molecular weight is 399 g/mol. The molecule has 0 saturated carbocycles. The number of fused-ring (bicyclic) bond motifs is 1. The molecule has 154 valence electrons. The molecule has 0 spiro atoms. The second-order valence-electron chi connectivity index (χ2n) is 7.23. The maximum atomic E-state index is 12.6. The minimum Gasteiger partial charge on any atom is -0.476 e. The maximum absolute atomic E-state index is 12.6. The summed E-state index contributed by atoms with van der Waals surface area (Å²) in [5.41, 5.74) is 2.24. The van der Waals surface area contributed by atoms with Crippen LogP contribution in [0.1, 0.15) is 49.8 Å². The minimum absolute atomic E-state index is 0.0848. The fraction of sp³-hybridized carbons (Fsp3) is 0.500. The van der Waals surface area contributed by atoms with E-state index in [0.717, 1.165) is 24.2 Å². The second kappa shape index (κ2) is 8.10. The van der Waals surface area contributed by atoms with Crippen LogP contribution in [0.4, 0.5) is 0 Å². The zero-order chi connectivity index (χ0) is 20.4. The number of hydrogen-bond donors (Lipinski definition) is 1. The highest BCUT2D eigenvalue weighted by molar-refractivity contribution is 5.76. The summed E-state index contributed by atoms with van der Waals surface area (Å²) in [4.78, 5) is 31.2. The van der Waals surface area contributed by atoms with Gasteiger partial charge in [-0.25, -0.2) is 9.50 Å². The van der Waals surface area contributed by atoms with Gasteiger partial charge in [-0.1, -0.05) is 6.92 Å². The predicted molar refractivity (Wildman–Crippen MR) is 105 cm³/mol. The summed E-state index contributed by atoms with van der Waals surface area (Å²) >= 11 is 0. The molecule has 4 heterocycles. The van der Waals surface area contributed by atoms with Gasteiger partial charge in [-0.15, -0.1) is 0 Å². The zero-order valence-electron chi connectivity index (χ0n) is 16.7. The van der Waals surface area contributed by atoms with Crippen LogP contribution in [0.5, 0.6) is 5.88 Å². The van der Waals surface area contributed by atoms with Crippen LogP contribution in [0.2, 0.25) is 0 Å². The van der Waals surface area contributed by atoms with Crippen molar-refractivity contribution in [3.8, 4) is 5.88 Å². The minimum atomic E-state index is -0.109. The smallest absolute Gasteiger partial charge is 0.272 e. The molecule has 0 bridgehead atoms. The fourth-order valence-electron chi connectivity index (χ4n) is 3.71. The van der Waals surface area contributed by atoms with E-state index in [1.165, 1.54) is 4.52 Å². The zero-order valence-corrected chi connectivity index (χ0v) is 16.7. The van der Waals surface area contributed by atoms with Crippen molar-refractivity contribution in [3.05, 3.63) is 45.7 Å². The van der Waals surface area contributed by atoms with Gasteiger partial charge in [0.05, 0.1) is 6.61 Å². The van der Waals surface area contributed by atoms with Crippen LogP contribution < -0.4 is 10.3 Å². The van der Waals surface area contributed by atoms with Crippen molar-refractivity contribution >= 4 is 11.6 Å². The van der Waals surface area contributed by atoms with Crippen LogP contribution in [0.3, 0.4) is 0 Å². The number of amides is 1. The Balaban J connectivity index is 1.38. The summed E-state index contributed by atoms with van der Waals surface area (Å²) in [5.74, 6) is 1.34. The molecule has 3 aromatic heterocycles. The molecule has 9 nitrogen and oxygen atoms in total. The third-order valence-electron chi connectivity index (χ3n) is 5.28. The van der Waals surface area contributed by atoms with Gasteiger partial charge in [0.25, 0.3) is 11.4 Å². The number of ether oxygens (including phenoxy) is 1. The number of likely N-dealkylation sites (tertiary alicyclic amines) is 1. The van der Waals surface area contributed by atoms with E-state index < -0.39 is 0 Å². The lowest BCUT2D eigenvalue weighted by atomic mass is 10.1. The average Bonchev–Trinajstić information content (AvgIpc) is 3.45. The van der Waals surface area contributed by atoms with Gasteiger partial charge in [-0.2, -0.15) is 0 Å². The van der Waals surface area contributed by atoms with Crippen LogP contribution in [0.25, 0.3) is 5.65 Å². The standard InChI is InChI=1S/C20H25N5O4/c1-3-14-9-20(27)25-17(21-14)11-16(22-25)13-7-8-24(12-13)19(26)6-5-15-10-18(23-29-15)28-4-2/h9-11,13,22H,3-8,12H2,1-2H3. The first-order chi connectivity index (χ1) is 14.1. The quantitative estimate of drug-likeness (QED) is 0.651. The molecule has 1 amide bonds. The Morgan fingerprint density at radius 2 is 2.21 bits per heavy atom. The number of nitrogens with zero attached hydrogens (tertiary/aromatic N) is 4. The molecule has 1 saturated heterocycles. The first-order valence-electron chi connectivity index (χ1n) is 10.0. The maximum Gasteiger partial charge on any atom is 0.272 e. The predicted octanol–water partition coefficient (Wildman–Crippen LogP) is 1.92. The van der Waals surface area contributed by atoms with Gasteiger partial charge in [0, 0.05) is 61.4 Å². The molecule has 9 heteroatoms. The van der Waals surface area contributed by atoms with Crippen molar-refractivity contribution in [1.29, 1.82) is 0 Å². The van der Waals surface area contributed by atoms with Crippen LogP contribution in [-0.2, 0) is 17.6 Å². The molecule has 1 atom stereocenters. The van der Waals surface area contributed by atoms with Crippen molar-refractivity contribution in [2.75, 3.05) is 19.7 Å². The van der Waals surface area contributed by atoms with E-state index in [1.807, 2.05) is 24.8 Å². The SMILES string of the molecule is CCOc1cc(CCC(=O)N2CCC(c3cc4nc(CC)cc(=O)n4[nH]3)C2)on1. The Morgan fingerprint density at radius 3 is 3.00 bits per heavy atom. The summed E-state index contributed by atoms with van der Waals surface area (Å²) < 4.78 is 11.9. The highest BCUT2D eigenvalue weighted by atomic mass is 16.5. The van der Waals surface area contributed by atoms with Crippen LogP contribution in [-0.4, -0.2) is 50.3 Å². The molecular weight excluding hydrogens is 374 g/mol. The molecule has 29 heavy (non-hydrogen) atoms. The van der Waals surface area contributed by atoms with E-state index in [0.29, 0.717) is 49.8 Å². The van der Waals surface area contributed by atoms with Gasteiger partial charge in [-0.3, -0.25) is 14.7 Å². The highest BCUT2D eigenvalue weighted by Gasteiger charge is 2.28. The summed E-state index contributed by atoms with van der Waals surface area (Å²) in [7, 11) is 0. The Labute approximate surface area is 167 Å². The van der Waals surface area contributed by atoms with E-state index in [-0.39, 0.29) is 17.4 Å². The molecule has 1 aliphatic rings. The second-order valence-corrected chi connectivity index (χ2v) is 7.23. The van der Waals surface area contributed by atoms with Crippen LogP contribution in [0.15, 0.2) is 27.5 Å². The lowest BCUT2D eigenvalue weighted by Crippen LogP contribution is -2.28. The van der Waals surface area contributed by atoms with Crippen molar-refractivity contribution < 1.29 is 14.1 Å². The molecule has 1 fully saturated rings. The van der Waals surface area contributed by atoms with Crippen molar-refractivity contribution in [2.45, 2.75) is 45.4 Å². The van der Waals surface area contributed by atoms with Crippen molar-refractivity contribution in [3.63, 3.8) is 0 Å². The normalized spacial score (nSPS) is 16.6. The third kappa shape index (κ3) is 4.03. The lowest BCUT2D eigenvalue weighted by molar-refractivity contribution is -0.130. The van der Waals surface area contributed by atoms with Gasteiger partial charge in [0.2, 0.25) is 5.91 Å². The molecule has 1 aliphatic heterocycles. The molecule has 1 N–H and O–H groups in total. The number of aryl methyl sites for hydroxylation is 2. The molecule has 3 aromatic rings. The molecule has 1 unspecified atom stereocenters. The number of nitrogens with one attached hydrogen (secondary N) is 1. The van der Waals surface area contributed by atoms with Gasteiger partial charge < -0.3 is 14.2 Å². The molecule has 0 radical (unpaired) electrons. The van der Waals surface area contributed by atoms with E-state index in [9.17, 15) is 9.59 Å². The Kier molecular flexibility index (Phi) is 5.37. The van der Waals surface area contributed by atoms with E-state index in [2.05, 4.69) is 15.2 Å². The summed E-state index contributed by atoms with van der Waals surface area (Å²) in [6.07, 6.45) is 2.42. The van der Waals surface area contributed by atoms with Crippen LogP contribution in [0, 0.1) is 0 Å².